The Kier molecular flexibility index (Phi) is 4.33. The number of hydrogen-bond donors (Lipinski definition) is 1. The van der Waals surface area contributed by atoms with Crippen molar-refractivity contribution in [2.45, 2.75) is 11.4 Å². The van der Waals surface area contributed by atoms with Gasteiger partial charge in [-0.15, -0.1) is 0 Å². The number of piperazine rings is 1. The van der Waals surface area contributed by atoms with E-state index in [2.05, 4.69) is 0 Å². The molecule has 0 aromatic heterocycles. The first-order valence-corrected chi connectivity index (χ1v) is 7.90. The number of likely N-dealkylation sites (N-methyl/N-ethyl adjacent to an activating group) is 1. The van der Waals surface area contributed by atoms with Crippen LogP contribution in [0.4, 0.5) is 0 Å². The SMILES string of the molecule is CN1CCN(S(=O)(=O)c2ccc(CN)cc2Cl)CC1=O. The molecule has 2 N–H and O–H groups in total. The molecule has 1 heterocycles. The van der Waals surface area contributed by atoms with Gasteiger partial charge in [0.05, 0.1) is 11.6 Å². The van der Waals surface area contributed by atoms with E-state index in [0.717, 1.165) is 9.87 Å². The Balaban J connectivity index is 2.33. The normalized spacial score (nSPS) is 17.6. The molecule has 20 heavy (non-hydrogen) atoms. The molecule has 8 heteroatoms. The molecule has 0 bridgehead atoms. The Morgan fingerprint density at radius 3 is 2.60 bits per heavy atom. The molecule has 0 radical (unpaired) electrons. The van der Waals surface area contributed by atoms with Crippen LogP contribution < -0.4 is 5.73 Å². The lowest BCUT2D eigenvalue weighted by atomic mass is 10.2. The van der Waals surface area contributed by atoms with E-state index in [1.165, 1.54) is 17.0 Å². The van der Waals surface area contributed by atoms with E-state index in [-0.39, 0.29) is 35.5 Å². The minimum Gasteiger partial charge on any atom is -0.343 e. The fourth-order valence-corrected chi connectivity index (χ4v) is 3.88. The van der Waals surface area contributed by atoms with Gasteiger partial charge in [-0.1, -0.05) is 17.7 Å². The summed E-state index contributed by atoms with van der Waals surface area (Å²) in [5.74, 6) is -0.227. The van der Waals surface area contributed by atoms with Crippen molar-refractivity contribution in [2.75, 3.05) is 26.7 Å². The maximum absolute atomic E-state index is 12.5. The third-order valence-corrected chi connectivity index (χ3v) is 5.60. The van der Waals surface area contributed by atoms with Crippen molar-refractivity contribution in [1.82, 2.24) is 9.21 Å². The van der Waals surface area contributed by atoms with Gasteiger partial charge in [-0.05, 0) is 17.7 Å². The van der Waals surface area contributed by atoms with Gasteiger partial charge in [0.2, 0.25) is 15.9 Å². The maximum Gasteiger partial charge on any atom is 0.245 e. The molecule has 1 aromatic carbocycles. The van der Waals surface area contributed by atoms with E-state index in [9.17, 15) is 13.2 Å². The summed E-state index contributed by atoms with van der Waals surface area (Å²) < 4.78 is 26.2. The third kappa shape index (κ3) is 2.80. The monoisotopic (exact) mass is 317 g/mol. The molecular formula is C12H16ClN3O3S. The molecule has 110 valence electrons. The Morgan fingerprint density at radius 1 is 1.35 bits per heavy atom. The van der Waals surface area contributed by atoms with Crippen LogP contribution in [0.3, 0.4) is 0 Å². The summed E-state index contributed by atoms with van der Waals surface area (Å²) in [6.07, 6.45) is 0. The molecule has 1 aromatic rings. The van der Waals surface area contributed by atoms with Gasteiger partial charge in [0.15, 0.2) is 0 Å². The average molecular weight is 318 g/mol. The lowest BCUT2D eigenvalue weighted by Crippen LogP contribution is -2.50. The van der Waals surface area contributed by atoms with E-state index in [0.29, 0.717) is 6.54 Å². The largest absolute Gasteiger partial charge is 0.343 e. The zero-order chi connectivity index (χ0) is 14.9. The number of benzene rings is 1. The predicted octanol–water partition coefficient (Wildman–Crippen LogP) is 0.261. The fraction of sp³-hybridized carbons (Fsp3) is 0.417. The van der Waals surface area contributed by atoms with Crippen molar-refractivity contribution in [1.29, 1.82) is 0 Å². The number of amides is 1. The van der Waals surface area contributed by atoms with E-state index in [4.69, 9.17) is 17.3 Å². The Morgan fingerprint density at radius 2 is 2.05 bits per heavy atom. The second-order valence-corrected chi connectivity index (χ2v) is 6.94. The highest BCUT2D eigenvalue weighted by molar-refractivity contribution is 7.89. The van der Waals surface area contributed by atoms with Crippen LogP contribution in [0.25, 0.3) is 0 Å². The summed E-state index contributed by atoms with van der Waals surface area (Å²) in [5, 5.41) is 0.124. The molecule has 0 unspecified atom stereocenters. The summed E-state index contributed by atoms with van der Waals surface area (Å²) in [4.78, 5) is 13.2. The van der Waals surface area contributed by atoms with Crippen molar-refractivity contribution in [3.63, 3.8) is 0 Å². The van der Waals surface area contributed by atoms with Crippen molar-refractivity contribution in [3.05, 3.63) is 28.8 Å². The molecule has 1 amide bonds. The van der Waals surface area contributed by atoms with Crippen molar-refractivity contribution < 1.29 is 13.2 Å². The van der Waals surface area contributed by atoms with Gasteiger partial charge in [0.1, 0.15) is 4.90 Å². The van der Waals surface area contributed by atoms with Gasteiger partial charge in [-0.2, -0.15) is 4.31 Å². The number of nitrogens with zero attached hydrogens (tertiary/aromatic N) is 2. The van der Waals surface area contributed by atoms with Crippen molar-refractivity contribution in [3.8, 4) is 0 Å². The smallest absolute Gasteiger partial charge is 0.245 e. The van der Waals surface area contributed by atoms with Crippen LogP contribution in [-0.4, -0.2) is 50.2 Å². The van der Waals surface area contributed by atoms with Crippen molar-refractivity contribution in [2.24, 2.45) is 5.73 Å². The number of hydrogen-bond acceptors (Lipinski definition) is 4. The highest BCUT2D eigenvalue weighted by atomic mass is 35.5. The lowest BCUT2D eigenvalue weighted by Gasteiger charge is -2.31. The minimum atomic E-state index is -3.76. The highest BCUT2D eigenvalue weighted by Crippen LogP contribution is 2.26. The lowest BCUT2D eigenvalue weighted by molar-refractivity contribution is -0.132. The summed E-state index contributed by atoms with van der Waals surface area (Å²) in [6, 6.07) is 4.59. The summed E-state index contributed by atoms with van der Waals surface area (Å²) in [6.45, 7) is 0.761. The third-order valence-electron chi connectivity index (χ3n) is 3.27. The van der Waals surface area contributed by atoms with Crippen LogP contribution in [0.1, 0.15) is 5.56 Å². The number of nitrogens with two attached hydrogens (primary N) is 1. The van der Waals surface area contributed by atoms with Gasteiger partial charge in [-0.3, -0.25) is 4.79 Å². The highest BCUT2D eigenvalue weighted by Gasteiger charge is 2.32. The number of carbonyl (C=O) groups is 1. The number of rotatable bonds is 3. The standard InChI is InChI=1S/C12H16ClN3O3S/c1-15-4-5-16(8-12(15)17)20(18,19)11-3-2-9(7-14)6-10(11)13/h2-3,6H,4-5,7-8,14H2,1H3. The van der Waals surface area contributed by atoms with E-state index in [1.54, 1.807) is 13.1 Å². The first kappa shape index (κ1) is 15.2. The molecule has 6 nitrogen and oxygen atoms in total. The molecule has 1 saturated heterocycles. The molecule has 2 rings (SSSR count). The van der Waals surface area contributed by atoms with E-state index in [1.807, 2.05) is 0 Å². The Hall–Kier alpha value is -1.15. The topological polar surface area (TPSA) is 83.7 Å². The summed E-state index contributed by atoms with van der Waals surface area (Å²) >= 11 is 6.02. The first-order valence-electron chi connectivity index (χ1n) is 6.09. The van der Waals surface area contributed by atoms with Crippen LogP contribution in [0.15, 0.2) is 23.1 Å². The molecule has 0 aliphatic carbocycles. The van der Waals surface area contributed by atoms with Crippen LogP contribution in [0.2, 0.25) is 5.02 Å². The molecule has 1 fully saturated rings. The average Bonchev–Trinajstić information content (AvgIpc) is 2.41. The Bertz CT molecular complexity index is 633. The van der Waals surface area contributed by atoms with Crippen molar-refractivity contribution >= 4 is 27.5 Å². The maximum atomic E-state index is 12.5. The van der Waals surface area contributed by atoms with Gasteiger partial charge in [-0.25, -0.2) is 8.42 Å². The number of sulfonamides is 1. The second kappa shape index (κ2) is 5.69. The minimum absolute atomic E-state index is 0.00807. The number of halogens is 1. The molecular weight excluding hydrogens is 302 g/mol. The van der Waals surface area contributed by atoms with Gasteiger partial charge >= 0.3 is 0 Å². The van der Waals surface area contributed by atoms with Crippen LogP contribution in [0, 0.1) is 0 Å². The van der Waals surface area contributed by atoms with Crippen LogP contribution in [0.5, 0.6) is 0 Å². The second-order valence-electron chi connectivity index (χ2n) is 4.62. The predicted molar refractivity (Wildman–Crippen MR) is 75.7 cm³/mol. The summed E-state index contributed by atoms with van der Waals surface area (Å²) in [5.41, 5.74) is 6.24. The molecule has 0 spiro atoms. The van der Waals surface area contributed by atoms with Crippen LogP contribution >= 0.6 is 11.6 Å². The molecule has 1 aliphatic rings. The fourth-order valence-electron chi connectivity index (χ4n) is 1.96. The van der Waals surface area contributed by atoms with Crippen LogP contribution in [-0.2, 0) is 21.4 Å². The summed E-state index contributed by atoms with van der Waals surface area (Å²) in [7, 11) is -2.11. The van der Waals surface area contributed by atoms with Gasteiger partial charge in [0, 0.05) is 26.7 Å². The molecule has 1 aliphatic heterocycles. The van der Waals surface area contributed by atoms with E-state index < -0.39 is 10.0 Å². The molecule has 0 saturated carbocycles. The first-order chi connectivity index (χ1) is 9.36. The molecule has 0 atom stereocenters. The van der Waals surface area contributed by atoms with E-state index >= 15 is 0 Å². The zero-order valence-electron chi connectivity index (χ0n) is 11.0. The Labute approximate surface area is 123 Å². The number of carbonyl (C=O) groups excluding carboxylic acids is 1. The quantitative estimate of drug-likeness (QED) is 0.867. The van der Waals surface area contributed by atoms with Gasteiger partial charge < -0.3 is 10.6 Å². The zero-order valence-corrected chi connectivity index (χ0v) is 12.6. The van der Waals surface area contributed by atoms with Gasteiger partial charge in [0.25, 0.3) is 0 Å².